The molecule has 1 atom stereocenters. The summed E-state index contributed by atoms with van der Waals surface area (Å²) in [7, 11) is -2.25. The van der Waals surface area contributed by atoms with E-state index in [1.54, 1.807) is 27.0 Å². The van der Waals surface area contributed by atoms with E-state index in [9.17, 15) is 13.2 Å². The van der Waals surface area contributed by atoms with Gasteiger partial charge in [0.25, 0.3) is 0 Å². The van der Waals surface area contributed by atoms with E-state index in [4.69, 9.17) is 18.6 Å². The summed E-state index contributed by atoms with van der Waals surface area (Å²) in [5, 5.41) is 0.543. The summed E-state index contributed by atoms with van der Waals surface area (Å²) < 4.78 is 50.3. The van der Waals surface area contributed by atoms with E-state index < -0.39 is 22.0 Å². The number of aryl methyl sites for hydroxylation is 1. The molecule has 2 aromatic carbocycles. The molecule has 0 unspecified atom stereocenters. The minimum Gasteiger partial charge on any atom is -0.497 e. The highest BCUT2D eigenvalue weighted by atomic mass is 32.2. The van der Waals surface area contributed by atoms with Crippen molar-refractivity contribution < 1.29 is 31.8 Å². The first-order valence-corrected chi connectivity index (χ1v) is 11.3. The lowest BCUT2D eigenvalue weighted by atomic mass is 10.0. The van der Waals surface area contributed by atoms with Crippen molar-refractivity contribution in [1.82, 2.24) is 4.72 Å². The highest BCUT2D eigenvalue weighted by Gasteiger charge is 2.27. The maximum absolute atomic E-state index is 13.0. The minimum absolute atomic E-state index is 0.0746. The zero-order chi connectivity index (χ0) is 22.2. The third-order valence-electron chi connectivity index (χ3n) is 5.17. The molecule has 0 spiro atoms. The molecule has 1 aromatic heterocycles. The molecular formula is C22H23NO7S. The monoisotopic (exact) mass is 445 g/mol. The van der Waals surface area contributed by atoms with Gasteiger partial charge in [-0.2, -0.15) is 0 Å². The van der Waals surface area contributed by atoms with Gasteiger partial charge >= 0.3 is 5.97 Å². The molecule has 0 fully saturated rings. The van der Waals surface area contributed by atoms with Crippen molar-refractivity contribution in [1.29, 1.82) is 0 Å². The van der Waals surface area contributed by atoms with Crippen LogP contribution in [0.1, 0.15) is 28.6 Å². The molecule has 31 heavy (non-hydrogen) atoms. The lowest BCUT2D eigenvalue weighted by molar-refractivity contribution is 0.0491. The highest BCUT2D eigenvalue weighted by molar-refractivity contribution is 7.89. The number of benzene rings is 2. The molecule has 0 saturated heterocycles. The van der Waals surface area contributed by atoms with E-state index in [0.717, 1.165) is 11.3 Å². The molecule has 1 aliphatic heterocycles. The molecule has 2 heterocycles. The summed E-state index contributed by atoms with van der Waals surface area (Å²) in [4.78, 5) is 12.1. The van der Waals surface area contributed by atoms with Crippen molar-refractivity contribution in [2.24, 2.45) is 0 Å². The number of furan rings is 1. The molecule has 1 aliphatic rings. The van der Waals surface area contributed by atoms with Crippen molar-refractivity contribution in [3.63, 3.8) is 0 Å². The predicted octanol–water partition coefficient (Wildman–Crippen LogP) is 3.21. The second-order valence-corrected chi connectivity index (χ2v) is 8.96. The van der Waals surface area contributed by atoms with Crippen LogP contribution in [0, 0.1) is 6.92 Å². The number of carbonyl (C=O) groups is 1. The molecule has 4 rings (SSSR count). The predicted molar refractivity (Wildman–Crippen MR) is 113 cm³/mol. The molecule has 9 heteroatoms. The highest BCUT2D eigenvalue weighted by Crippen LogP contribution is 2.30. The molecule has 0 amide bonds. The lowest BCUT2D eigenvalue weighted by Gasteiger charge is -2.26. The van der Waals surface area contributed by atoms with E-state index in [-0.39, 0.29) is 23.9 Å². The van der Waals surface area contributed by atoms with Crippen LogP contribution >= 0.6 is 0 Å². The molecule has 0 aliphatic carbocycles. The summed E-state index contributed by atoms with van der Waals surface area (Å²) in [5.41, 5.74) is 1.83. The number of hydrogen-bond acceptors (Lipinski definition) is 7. The average molecular weight is 445 g/mol. The van der Waals surface area contributed by atoms with E-state index >= 15 is 0 Å². The van der Waals surface area contributed by atoms with Gasteiger partial charge in [-0.15, -0.1) is 0 Å². The zero-order valence-corrected chi connectivity index (χ0v) is 18.2. The van der Waals surface area contributed by atoms with Gasteiger partial charge in [0, 0.05) is 10.9 Å². The van der Waals surface area contributed by atoms with Crippen LogP contribution in [0.15, 0.2) is 45.7 Å². The molecular weight excluding hydrogens is 422 g/mol. The van der Waals surface area contributed by atoms with Crippen LogP contribution in [0.2, 0.25) is 0 Å². The lowest BCUT2D eigenvalue weighted by Crippen LogP contribution is -2.42. The van der Waals surface area contributed by atoms with Crippen molar-refractivity contribution in [2.45, 2.75) is 31.2 Å². The topological polar surface area (TPSA) is 104 Å². The second-order valence-electron chi connectivity index (χ2n) is 7.24. The Labute approximate surface area is 180 Å². The SMILES string of the molecule is CCOC(=O)c1oc2ccc(S(=O)(=O)N[C@H]3COc4ccc(OC)cc4C3)cc2c1C. The van der Waals surface area contributed by atoms with E-state index in [1.807, 2.05) is 12.1 Å². The van der Waals surface area contributed by atoms with Crippen molar-refractivity contribution in [3.05, 3.63) is 53.3 Å². The fourth-order valence-corrected chi connectivity index (χ4v) is 4.87. The van der Waals surface area contributed by atoms with Gasteiger partial charge in [0.1, 0.15) is 23.7 Å². The Bertz CT molecular complexity index is 1250. The number of rotatable bonds is 6. The van der Waals surface area contributed by atoms with Gasteiger partial charge in [0.05, 0.1) is 24.7 Å². The largest absolute Gasteiger partial charge is 0.497 e. The number of nitrogens with one attached hydrogen (secondary N) is 1. The molecule has 8 nitrogen and oxygen atoms in total. The van der Waals surface area contributed by atoms with Gasteiger partial charge in [-0.3, -0.25) is 0 Å². The smallest absolute Gasteiger partial charge is 0.374 e. The Morgan fingerprint density at radius 2 is 2.03 bits per heavy atom. The van der Waals surface area contributed by atoms with Gasteiger partial charge in [-0.25, -0.2) is 17.9 Å². The maximum atomic E-state index is 13.0. The molecule has 0 radical (unpaired) electrons. The molecule has 0 bridgehead atoms. The second kappa shape index (κ2) is 8.24. The van der Waals surface area contributed by atoms with E-state index in [1.165, 1.54) is 18.2 Å². The van der Waals surface area contributed by atoms with Gasteiger partial charge in [0.15, 0.2) is 0 Å². The van der Waals surface area contributed by atoms with Crippen LogP contribution in [0.5, 0.6) is 11.5 Å². The molecule has 1 N–H and O–H groups in total. The number of fused-ring (bicyclic) bond motifs is 2. The standard InChI is InChI=1S/C22H23NO7S/c1-4-28-22(24)21-13(2)18-11-17(6-8-20(18)30-21)31(25,26)23-15-9-14-10-16(27-3)5-7-19(14)29-12-15/h5-8,10-11,15,23H,4,9,12H2,1-3H3/t15-/m1/s1. The number of methoxy groups -OCH3 is 1. The van der Waals surface area contributed by atoms with Crippen molar-refractivity contribution in [2.75, 3.05) is 20.3 Å². The Kier molecular flexibility index (Phi) is 5.63. The van der Waals surface area contributed by atoms with E-state index in [2.05, 4.69) is 4.72 Å². The summed E-state index contributed by atoms with van der Waals surface area (Å²) in [6, 6.07) is 9.51. The summed E-state index contributed by atoms with van der Waals surface area (Å²) in [5.74, 6) is 0.903. The number of hydrogen-bond donors (Lipinski definition) is 1. The maximum Gasteiger partial charge on any atom is 0.374 e. The Morgan fingerprint density at radius 3 is 2.77 bits per heavy atom. The van der Waals surface area contributed by atoms with Crippen molar-refractivity contribution >= 4 is 27.0 Å². The van der Waals surface area contributed by atoms with Crippen LogP contribution in [0.25, 0.3) is 11.0 Å². The number of esters is 1. The number of sulfonamides is 1. The van der Waals surface area contributed by atoms with Gasteiger partial charge < -0.3 is 18.6 Å². The number of ether oxygens (including phenoxy) is 3. The Morgan fingerprint density at radius 1 is 1.23 bits per heavy atom. The first kappa shape index (κ1) is 21.2. The van der Waals surface area contributed by atoms with Crippen LogP contribution < -0.4 is 14.2 Å². The normalized spacial score (nSPS) is 15.9. The molecule has 164 valence electrons. The average Bonchev–Trinajstić information content (AvgIpc) is 3.09. The van der Waals surface area contributed by atoms with Crippen LogP contribution in [-0.2, 0) is 21.2 Å². The van der Waals surface area contributed by atoms with Crippen LogP contribution in [0.3, 0.4) is 0 Å². The minimum atomic E-state index is -3.83. The fourth-order valence-electron chi connectivity index (χ4n) is 3.62. The van der Waals surface area contributed by atoms with Gasteiger partial charge in [-0.1, -0.05) is 0 Å². The number of carbonyl (C=O) groups excluding carboxylic acids is 1. The Hall–Kier alpha value is -3.04. The zero-order valence-electron chi connectivity index (χ0n) is 17.4. The molecule has 3 aromatic rings. The third kappa shape index (κ3) is 4.11. The third-order valence-corrected chi connectivity index (χ3v) is 6.69. The van der Waals surface area contributed by atoms with Crippen LogP contribution in [0.4, 0.5) is 0 Å². The quantitative estimate of drug-likeness (QED) is 0.581. The first-order chi connectivity index (χ1) is 14.8. The first-order valence-electron chi connectivity index (χ1n) is 9.84. The summed E-state index contributed by atoms with van der Waals surface area (Å²) in [6.45, 7) is 3.84. The van der Waals surface area contributed by atoms with Crippen LogP contribution in [-0.4, -0.2) is 40.8 Å². The van der Waals surface area contributed by atoms with Crippen molar-refractivity contribution in [3.8, 4) is 11.5 Å². The fraction of sp³-hybridized carbons (Fsp3) is 0.318. The summed E-state index contributed by atoms with van der Waals surface area (Å²) in [6.07, 6.45) is 0.478. The van der Waals surface area contributed by atoms with E-state index in [0.29, 0.717) is 28.7 Å². The Balaban J connectivity index is 1.58. The molecule has 0 saturated carbocycles. The summed E-state index contributed by atoms with van der Waals surface area (Å²) >= 11 is 0. The van der Waals surface area contributed by atoms with Gasteiger partial charge in [-0.05, 0) is 62.2 Å². The van der Waals surface area contributed by atoms with Gasteiger partial charge in [0.2, 0.25) is 15.8 Å².